The lowest BCUT2D eigenvalue weighted by Crippen LogP contribution is -2.45. The van der Waals surface area contributed by atoms with Gasteiger partial charge in [0.25, 0.3) is 0 Å². The summed E-state index contributed by atoms with van der Waals surface area (Å²) in [5, 5.41) is 7.99. The van der Waals surface area contributed by atoms with Gasteiger partial charge in [0.1, 0.15) is 0 Å². The molecule has 0 bridgehead atoms. The number of pyridine rings is 1. The molecule has 3 rings (SSSR count). The van der Waals surface area contributed by atoms with Crippen molar-refractivity contribution in [2.45, 2.75) is 31.2 Å². The van der Waals surface area contributed by atoms with Crippen molar-refractivity contribution in [1.29, 1.82) is 0 Å². The Balaban J connectivity index is 1.77. The zero-order valence-corrected chi connectivity index (χ0v) is 13.8. The molecule has 1 aromatic carbocycles. The third-order valence-corrected chi connectivity index (χ3v) is 4.70. The van der Waals surface area contributed by atoms with E-state index in [0.717, 1.165) is 18.5 Å². The van der Waals surface area contributed by atoms with Crippen LogP contribution in [0, 0.1) is 0 Å². The van der Waals surface area contributed by atoms with Gasteiger partial charge in [-0.15, -0.1) is 0 Å². The van der Waals surface area contributed by atoms with Gasteiger partial charge in [0, 0.05) is 12.4 Å². The van der Waals surface area contributed by atoms with Crippen LogP contribution in [0.3, 0.4) is 0 Å². The maximum absolute atomic E-state index is 6.18. The van der Waals surface area contributed by atoms with Crippen molar-refractivity contribution in [2.24, 2.45) is 0 Å². The van der Waals surface area contributed by atoms with Crippen molar-refractivity contribution in [3.63, 3.8) is 0 Å². The third-order valence-electron chi connectivity index (χ3n) is 4.16. The Morgan fingerprint density at radius 1 is 1.09 bits per heavy atom. The highest BCUT2D eigenvalue weighted by Gasteiger charge is 2.36. The summed E-state index contributed by atoms with van der Waals surface area (Å²) >= 11 is 11.7. The molecule has 0 saturated heterocycles. The summed E-state index contributed by atoms with van der Waals surface area (Å²) in [5.74, 6) is 0. The monoisotopic (exact) mass is 331 g/mol. The van der Waals surface area contributed by atoms with E-state index in [-0.39, 0.29) is 5.54 Å². The molecule has 0 radical (unpaired) electrons. The summed E-state index contributed by atoms with van der Waals surface area (Å²) in [6.45, 7) is 0. The number of benzene rings is 1. The molecule has 1 saturated carbocycles. The number of halogens is 1. The van der Waals surface area contributed by atoms with Crippen LogP contribution >= 0.6 is 23.8 Å². The molecule has 22 heavy (non-hydrogen) atoms. The molecule has 0 spiro atoms. The van der Waals surface area contributed by atoms with Crippen LogP contribution in [-0.2, 0) is 5.54 Å². The molecule has 1 aliphatic rings. The minimum atomic E-state index is -0.103. The van der Waals surface area contributed by atoms with Crippen molar-refractivity contribution in [3.8, 4) is 0 Å². The Morgan fingerprint density at radius 3 is 2.45 bits per heavy atom. The number of hydrogen-bond acceptors (Lipinski definition) is 2. The SMILES string of the molecule is S=C(Nc1ccccc1Cl)NC1(c2ccncc2)CCCC1. The van der Waals surface area contributed by atoms with Crippen LogP contribution in [0.5, 0.6) is 0 Å². The van der Waals surface area contributed by atoms with E-state index in [2.05, 4.69) is 27.8 Å². The standard InChI is InChI=1S/C17H18ClN3S/c18-14-5-1-2-6-15(14)20-16(22)21-17(9-3-4-10-17)13-7-11-19-12-8-13/h1-2,5-8,11-12H,3-4,9-10H2,(H2,20,21,22). The molecule has 1 aliphatic carbocycles. The highest BCUT2D eigenvalue weighted by atomic mass is 35.5. The van der Waals surface area contributed by atoms with E-state index >= 15 is 0 Å². The highest BCUT2D eigenvalue weighted by molar-refractivity contribution is 7.80. The molecule has 0 aliphatic heterocycles. The van der Waals surface area contributed by atoms with Gasteiger partial charge in [-0.2, -0.15) is 0 Å². The number of anilines is 1. The smallest absolute Gasteiger partial charge is 0.171 e. The minimum absolute atomic E-state index is 0.103. The van der Waals surface area contributed by atoms with Gasteiger partial charge >= 0.3 is 0 Å². The van der Waals surface area contributed by atoms with E-state index in [4.69, 9.17) is 23.8 Å². The van der Waals surface area contributed by atoms with Gasteiger partial charge in [0.05, 0.1) is 16.2 Å². The maximum Gasteiger partial charge on any atom is 0.171 e. The molecule has 2 aromatic rings. The predicted octanol–water partition coefficient (Wildman–Crippen LogP) is 4.49. The third kappa shape index (κ3) is 3.23. The lowest BCUT2D eigenvalue weighted by Gasteiger charge is -2.32. The van der Waals surface area contributed by atoms with Gasteiger partial charge in [0.15, 0.2) is 5.11 Å². The lowest BCUT2D eigenvalue weighted by molar-refractivity contribution is 0.408. The van der Waals surface area contributed by atoms with Gasteiger partial charge in [-0.3, -0.25) is 4.98 Å². The Labute approximate surface area is 141 Å². The second-order valence-electron chi connectivity index (χ2n) is 5.58. The van der Waals surface area contributed by atoms with Gasteiger partial charge in [-0.05, 0) is 54.9 Å². The minimum Gasteiger partial charge on any atom is -0.353 e. The average Bonchev–Trinajstić information content (AvgIpc) is 3.00. The van der Waals surface area contributed by atoms with E-state index in [0.29, 0.717) is 10.1 Å². The summed E-state index contributed by atoms with van der Waals surface area (Å²) in [7, 11) is 0. The molecular weight excluding hydrogens is 314 g/mol. The number of rotatable bonds is 3. The van der Waals surface area contributed by atoms with Crippen LogP contribution in [0.1, 0.15) is 31.2 Å². The number of thiocarbonyl (C=S) groups is 1. The van der Waals surface area contributed by atoms with Gasteiger partial charge in [-0.25, -0.2) is 0 Å². The fraction of sp³-hybridized carbons (Fsp3) is 0.294. The second-order valence-corrected chi connectivity index (χ2v) is 6.40. The van der Waals surface area contributed by atoms with Crippen LogP contribution < -0.4 is 10.6 Å². The summed E-state index contributed by atoms with van der Waals surface area (Å²) in [6, 6.07) is 11.7. The normalized spacial score (nSPS) is 16.2. The lowest BCUT2D eigenvalue weighted by atomic mass is 9.89. The molecular formula is C17H18ClN3S. The van der Waals surface area contributed by atoms with E-state index in [1.807, 2.05) is 36.7 Å². The number of hydrogen-bond donors (Lipinski definition) is 2. The summed E-state index contributed by atoms with van der Waals surface area (Å²) < 4.78 is 0. The van der Waals surface area contributed by atoms with E-state index in [1.54, 1.807) is 0 Å². The van der Waals surface area contributed by atoms with Gasteiger partial charge in [-0.1, -0.05) is 36.6 Å². The Kier molecular flexibility index (Phi) is 4.60. The molecule has 2 N–H and O–H groups in total. The van der Waals surface area contributed by atoms with Crippen molar-refractivity contribution < 1.29 is 0 Å². The zero-order chi connectivity index (χ0) is 15.4. The van der Waals surface area contributed by atoms with E-state index in [1.165, 1.54) is 18.4 Å². The average molecular weight is 332 g/mol. The van der Waals surface area contributed by atoms with Crippen LogP contribution in [0.15, 0.2) is 48.8 Å². The molecule has 5 heteroatoms. The first-order valence-electron chi connectivity index (χ1n) is 7.44. The Bertz CT molecular complexity index is 654. The summed E-state index contributed by atoms with van der Waals surface area (Å²) in [5.41, 5.74) is 1.96. The van der Waals surface area contributed by atoms with Crippen LogP contribution in [-0.4, -0.2) is 10.1 Å². The topological polar surface area (TPSA) is 37.0 Å². The van der Waals surface area contributed by atoms with Crippen LogP contribution in [0.2, 0.25) is 5.02 Å². The highest BCUT2D eigenvalue weighted by Crippen LogP contribution is 2.38. The Morgan fingerprint density at radius 2 is 1.77 bits per heavy atom. The van der Waals surface area contributed by atoms with Crippen molar-refractivity contribution in [1.82, 2.24) is 10.3 Å². The molecule has 1 aromatic heterocycles. The van der Waals surface area contributed by atoms with Gasteiger partial charge < -0.3 is 10.6 Å². The summed E-state index contributed by atoms with van der Waals surface area (Å²) in [6.07, 6.45) is 8.21. The predicted molar refractivity (Wildman–Crippen MR) is 95.2 cm³/mol. The fourth-order valence-electron chi connectivity index (χ4n) is 3.07. The molecule has 0 unspecified atom stereocenters. The quantitative estimate of drug-likeness (QED) is 0.812. The molecule has 0 amide bonds. The second kappa shape index (κ2) is 6.63. The molecule has 3 nitrogen and oxygen atoms in total. The molecule has 114 valence electrons. The van der Waals surface area contributed by atoms with E-state index < -0.39 is 0 Å². The first kappa shape index (κ1) is 15.3. The number of nitrogens with one attached hydrogen (secondary N) is 2. The molecule has 0 atom stereocenters. The van der Waals surface area contributed by atoms with Crippen LogP contribution in [0.25, 0.3) is 0 Å². The van der Waals surface area contributed by atoms with Crippen molar-refractivity contribution in [2.75, 3.05) is 5.32 Å². The zero-order valence-electron chi connectivity index (χ0n) is 12.2. The largest absolute Gasteiger partial charge is 0.353 e. The number of para-hydroxylation sites is 1. The number of aromatic nitrogens is 1. The maximum atomic E-state index is 6.18. The number of nitrogens with zero attached hydrogens (tertiary/aromatic N) is 1. The first-order valence-corrected chi connectivity index (χ1v) is 8.22. The van der Waals surface area contributed by atoms with Gasteiger partial charge in [0.2, 0.25) is 0 Å². The fourth-order valence-corrected chi connectivity index (χ4v) is 3.56. The van der Waals surface area contributed by atoms with Crippen LogP contribution in [0.4, 0.5) is 5.69 Å². The van der Waals surface area contributed by atoms with Crippen molar-refractivity contribution in [3.05, 3.63) is 59.4 Å². The molecule has 1 fully saturated rings. The molecule has 1 heterocycles. The Hall–Kier alpha value is -1.65. The first-order chi connectivity index (χ1) is 10.7. The summed E-state index contributed by atoms with van der Waals surface area (Å²) in [4.78, 5) is 4.11. The van der Waals surface area contributed by atoms with E-state index in [9.17, 15) is 0 Å². The van der Waals surface area contributed by atoms with Crippen molar-refractivity contribution >= 4 is 34.6 Å².